The summed E-state index contributed by atoms with van der Waals surface area (Å²) >= 11 is 0. The molecule has 0 saturated carbocycles. The molecule has 0 fully saturated rings. The van der Waals surface area contributed by atoms with Crippen LogP contribution in [0.4, 0.5) is 39.8 Å². The summed E-state index contributed by atoms with van der Waals surface area (Å²) in [5, 5.41) is 18.6. The minimum absolute atomic E-state index is 0.325. The molecular weight excluding hydrogens is 821 g/mol. The van der Waals surface area contributed by atoms with E-state index >= 15 is 0 Å². The van der Waals surface area contributed by atoms with Crippen LogP contribution in [0.15, 0.2) is 203 Å². The number of nitrogens with zero attached hydrogens (tertiary/aromatic N) is 4. The lowest BCUT2D eigenvalue weighted by molar-refractivity contribution is 0.668. The van der Waals surface area contributed by atoms with Crippen molar-refractivity contribution in [2.45, 2.75) is 19.3 Å². The first-order chi connectivity index (χ1) is 32.9. The van der Waals surface area contributed by atoms with Gasteiger partial charge in [-0.25, -0.2) is 4.85 Å². The topological polar surface area (TPSA) is 60.9 Å². The Bertz CT molecular complexity index is 3840. The maximum absolute atomic E-state index is 9.68. The third-order valence-corrected chi connectivity index (χ3v) is 13.8. The van der Waals surface area contributed by atoms with Crippen molar-refractivity contribution in [3.63, 3.8) is 0 Å². The van der Waals surface area contributed by atoms with Crippen LogP contribution in [-0.4, -0.2) is 0 Å². The van der Waals surface area contributed by atoms with Gasteiger partial charge in [-0.2, -0.15) is 5.26 Å². The van der Waals surface area contributed by atoms with Gasteiger partial charge in [-0.1, -0.05) is 123 Å². The van der Waals surface area contributed by atoms with E-state index < -0.39 is 0 Å². The molecule has 0 amide bonds. The fourth-order valence-corrected chi connectivity index (χ4v) is 10.9. The number of rotatable bonds is 6. The Balaban J connectivity index is 0.938. The summed E-state index contributed by atoms with van der Waals surface area (Å²) in [6.07, 6.45) is 0. The fourth-order valence-electron chi connectivity index (χ4n) is 10.9. The van der Waals surface area contributed by atoms with Crippen LogP contribution >= 0.6 is 0 Å². The molecule has 13 rings (SSSR count). The van der Waals surface area contributed by atoms with Crippen molar-refractivity contribution >= 4 is 105 Å². The molecule has 6 nitrogen and oxygen atoms in total. The number of furan rings is 2. The van der Waals surface area contributed by atoms with E-state index in [-0.39, 0.29) is 5.41 Å². The van der Waals surface area contributed by atoms with Crippen LogP contribution in [0.2, 0.25) is 0 Å². The second-order valence-electron chi connectivity index (χ2n) is 17.9. The highest BCUT2D eigenvalue weighted by Crippen LogP contribution is 2.55. The van der Waals surface area contributed by atoms with Gasteiger partial charge in [-0.3, -0.25) is 0 Å². The van der Waals surface area contributed by atoms with Crippen molar-refractivity contribution in [2.75, 3.05) is 9.80 Å². The summed E-state index contributed by atoms with van der Waals surface area (Å²) in [4.78, 5) is 8.16. The van der Waals surface area contributed by atoms with Crippen LogP contribution in [0.1, 0.15) is 30.5 Å². The van der Waals surface area contributed by atoms with Crippen LogP contribution in [-0.2, 0) is 5.41 Å². The van der Waals surface area contributed by atoms with Crippen LogP contribution in [0.25, 0.3) is 81.4 Å². The highest BCUT2D eigenvalue weighted by atomic mass is 16.3. The monoisotopic (exact) mass is 858 g/mol. The molecule has 314 valence electrons. The molecule has 1 aliphatic rings. The predicted molar refractivity (Wildman–Crippen MR) is 274 cm³/mol. The summed E-state index contributed by atoms with van der Waals surface area (Å²) in [5.41, 5.74) is 15.0. The number of hydrogen-bond donors (Lipinski definition) is 0. The van der Waals surface area contributed by atoms with Crippen LogP contribution in [0.5, 0.6) is 0 Å². The molecule has 0 atom stereocenters. The molecule has 0 saturated heterocycles. The van der Waals surface area contributed by atoms with E-state index in [9.17, 15) is 5.26 Å². The van der Waals surface area contributed by atoms with E-state index in [1.54, 1.807) is 0 Å². The van der Waals surface area contributed by atoms with Gasteiger partial charge in [0.05, 0.1) is 29.6 Å². The highest BCUT2D eigenvalue weighted by Gasteiger charge is 2.38. The summed E-state index contributed by atoms with van der Waals surface area (Å²) in [6, 6.07) is 69.4. The summed E-state index contributed by atoms with van der Waals surface area (Å²) in [6.45, 7) is 12.3. The van der Waals surface area contributed by atoms with E-state index in [4.69, 9.17) is 15.4 Å². The number of hydrogen-bond acceptors (Lipinski definition) is 5. The molecule has 0 unspecified atom stereocenters. The van der Waals surface area contributed by atoms with Gasteiger partial charge in [0.15, 0.2) is 16.9 Å². The quantitative estimate of drug-likeness (QED) is 0.156. The molecule has 10 aromatic carbocycles. The van der Waals surface area contributed by atoms with Crippen molar-refractivity contribution < 1.29 is 8.83 Å². The van der Waals surface area contributed by atoms with Crippen molar-refractivity contribution in [3.05, 3.63) is 222 Å². The molecule has 0 radical (unpaired) electrons. The molecule has 2 aromatic heterocycles. The minimum atomic E-state index is -0.325. The van der Waals surface area contributed by atoms with E-state index in [1.807, 2.05) is 84.9 Å². The minimum Gasteiger partial charge on any atom is -0.454 e. The predicted octanol–water partition coefficient (Wildman–Crippen LogP) is 17.5. The standard InChI is InChI=1S/C61H38N4O2/c1-61(2)57-45-32-28-43(64(41-24-18-37(36-62)19-25-41)53-14-8-12-51-47-10-4-6-16-55(47)66-59(51)53)34-38(45)20-30-49(57)50-31-21-39-35-44(29-33-46(39)58(50)61)65(42-26-22-40(63-3)23-27-42)54-15-9-13-52-48-11-5-7-17-56(48)67-60(52)54/h4-35H,1-2H3. The smallest absolute Gasteiger partial charge is 0.187 e. The van der Waals surface area contributed by atoms with E-state index in [2.05, 4.69) is 144 Å². The first kappa shape index (κ1) is 38.4. The normalized spacial score (nSPS) is 12.7. The average molecular weight is 859 g/mol. The van der Waals surface area contributed by atoms with Gasteiger partial charge in [0.25, 0.3) is 0 Å². The van der Waals surface area contributed by atoms with Gasteiger partial charge in [-0.05, 0) is 129 Å². The third kappa shape index (κ3) is 5.74. The van der Waals surface area contributed by atoms with Gasteiger partial charge in [0.1, 0.15) is 11.2 Å². The number of para-hydroxylation sites is 4. The van der Waals surface area contributed by atoms with E-state index in [0.29, 0.717) is 11.3 Å². The lowest BCUT2D eigenvalue weighted by Crippen LogP contribution is -2.16. The van der Waals surface area contributed by atoms with Crippen molar-refractivity contribution in [3.8, 4) is 17.2 Å². The zero-order valence-electron chi connectivity index (χ0n) is 36.6. The fraction of sp³-hybridized carbons (Fsp3) is 0.0492. The second kappa shape index (κ2) is 14.5. The number of benzene rings is 10. The van der Waals surface area contributed by atoms with Gasteiger partial charge in [-0.15, -0.1) is 0 Å². The summed E-state index contributed by atoms with van der Waals surface area (Å²) in [5.74, 6) is 0. The van der Waals surface area contributed by atoms with Crippen LogP contribution in [0, 0.1) is 17.9 Å². The highest BCUT2D eigenvalue weighted by molar-refractivity contribution is 6.12. The van der Waals surface area contributed by atoms with Crippen molar-refractivity contribution in [2.24, 2.45) is 0 Å². The Morgan fingerprint density at radius 1 is 0.463 bits per heavy atom. The Morgan fingerprint density at radius 3 is 1.39 bits per heavy atom. The SMILES string of the molecule is [C-]#[N+]c1ccc(N(c2ccc3c4c(ccc3c2)-c2ccc3cc(N(c5ccc(C#N)cc5)c5cccc6c5oc5ccccc56)ccc3c2C4(C)C)c2cccc3c2oc2ccccc23)cc1. The molecule has 2 heterocycles. The Labute approximate surface area is 386 Å². The van der Waals surface area contributed by atoms with Gasteiger partial charge < -0.3 is 18.6 Å². The van der Waals surface area contributed by atoms with E-state index in [1.165, 1.54) is 33.0 Å². The zero-order chi connectivity index (χ0) is 45.0. The molecule has 12 aromatic rings. The maximum Gasteiger partial charge on any atom is 0.187 e. The molecule has 0 spiro atoms. The lowest BCUT2D eigenvalue weighted by Gasteiger charge is -2.28. The average Bonchev–Trinajstić information content (AvgIpc) is 4.03. The number of fused-ring (bicyclic) bond motifs is 13. The van der Waals surface area contributed by atoms with Gasteiger partial charge in [0, 0.05) is 49.7 Å². The first-order valence-electron chi connectivity index (χ1n) is 22.4. The maximum atomic E-state index is 9.68. The molecular formula is C61H38N4O2. The molecule has 0 N–H and O–H groups in total. The van der Waals surface area contributed by atoms with Gasteiger partial charge in [0.2, 0.25) is 0 Å². The van der Waals surface area contributed by atoms with Gasteiger partial charge >= 0.3 is 0 Å². The van der Waals surface area contributed by atoms with Crippen molar-refractivity contribution in [1.29, 1.82) is 5.26 Å². The van der Waals surface area contributed by atoms with Crippen LogP contribution < -0.4 is 9.80 Å². The molecule has 6 heteroatoms. The zero-order valence-corrected chi connectivity index (χ0v) is 36.6. The molecule has 0 bridgehead atoms. The Hall–Kier alpha value is -9.10. The summed E-state index contributed by atoms with van der Waals surface area (Å²) in [7, 11) is 0. The van der Waals surface area contributed by atoms with E-state index in [0.717, 1.165) is 88.8 Å². The largest absolute Gasteiger partial charge is 0.454 e. The molecule has 0 aliphatic heterocycles. The second-order valence-corrected chi connectivity index (χ2v) is 17.9. The lowest BCUT2D eigenvalue weighted by atomic mass is 9.78. The third-order valence-electron chi connectivity index (χ3n) is 13.8. The van der Waals surface area contributed by atoms with Crippen molar-refractivity contribution in [1.82, 2.24) is 0 Å². The molecule has 1 aliphatic carbocycles. The number of anilines is 6. The van der Waals surface area contributed by atoms with Crippen LogP contribution in [0.3, 0.4) is 0 Å². The number of nitriles is 1. The first-order valence-corrected chi connectivity index (χ1v) is 22.4. The molecule has 67 heavy (non-hydrogen) atoms. The Kier molecular flexibility index (Phi) is 8.28. The Morgan fingerprint density at radius 2 is 0.910 bits per heavy atom. The summed E-state index contributed by atoms with van der Waals surface area (Å²) < 4.78 is 13.2.